The second-order valence-electron chi connectivity index (χ2n) is 9.45. The Morgan fingerprint density at radius 2 is 1.65 bits per heavy atom. The zero-order valence-corrected chi connectivity index (χ0v) is 21.8. The Hall–Kier alpha value is -3.32. The van der Waals surface area contributed by atoms with E-state index in [9.17, 15) is 14.7 Å². The van der Waals surface area contributed by atoms with Crippen molar-refractivity contribution in [2.24, 2.45) is 0 Å². The van der Waals surface area contributed by atoms with Crippen LogP contribution in [0, 0.1) is 0 Å². The Kier molecular flexibility index (Phi) is 11.0. The number of ether oxygens (including phenoxy) is 2. The number of rotatable bonds is 15. The number of phenolic OH excluding ortho intramolecular Hbond substituents is 1. The SMILES string of the molecule is COc1cc(C(CCCCCCCCCCO)Cc2oc3ccccc3c(=O)c2OC(C)=O)ccc1O. The van der Waals surface area contributed by atoms with E-state index >= 15 is 0 Å². The number of aliphatic hydroxyl groups is 1. The Balaban J connectivity index is 1.82. The first kappa shape index (κ1) is 28.3. The van der Waals surface area contributed by atoms with E-state index < -0.39 is 5.97 Å². The summed E-state index contributed by atoms with van der Waals surface area (Å²) in [5.41, 5.74) is 1.03. The quantitative estimate of drug-likeness (QED) is 0.183. The Morgan fingerprint density at radius 3 is 2.32 bits per heavy atom. The minimum Gasteiger partial charge on any atom is -0.504 e. The van der Waals surface area contributed by atoms with Gasteiger partial charge in [0.15, 0.2) is 17.3 Å². The zero-order valence-electron chi connectivity index (χ0n) is 21.8. The van der Waals surface area contributed by atoms with Crippen molar-refractivity contribution in [1.29, 1.82) is 0 Å². The highest BCUT2D eigenvalue weighted by Gasteiger charge is 2.23. The minimum absolute atomic E-state index is 0.0438. The van der Waals surface area contributed by atoms with Gasteiger partial charge in [-0.05, 0) is 48.6 Å². The summed E-state index contributed by atoms with van der Waals surface area (Å²) in [5, 5.41) is 19.4. The number of aromatic hydroxyl groups is 1. The number of hydrogen-bond donors (Lipinski definition) is 2. The van der Waals surface area contributed by atoms with E-state index in [1.54, 1.807) is 30.3 Å². The van der Waals surface area contributed by atoms with Gasteiger partial charge in [-0.25, -0.2) is 0 Å². The maximum absolute atomic E-state index is 13.2. The van der Waals surface area contributed by atoms with Crippen LogP contribution in [0.1, 0.15) is 82.0 Å². The first-order chi connectivity index (χ1) is 17.9. The lowest BCUT2D eigenvalue weighted by Gasteiger charge is -2.19. The van der Waals surface area contributed by atoms with Crippen molar-refractivity contribution in [2.75, 3.05) is 13.7 Å². The van der Waals surface area contributed by atoms with E-state index in [2.05, 4.69) is 0 Å². The van der Waals surface area contributed by atoms with Crippen molar-refractivity contribution in [2.45, 2.75) is 77.0 Å². The number of aliphatic hydroxyl groups excluding tert-OH is 1. The molecule has 0 radical (unpaired) electrons. The number of fused-ring (bicyclic) bond motifs is 1. The molecule has 0 saturated carbocycles. The number of benzene rings is 2. The molecule has 0 fully saturated rings. The summed E-state index contributed by atoms with van der Waals surface area (Å²) >= 11 is 0. The Morgan fingerprint density at radius 1 is 0.973 bits per heavy atom. The molecule has 0 spiro atoms. The van der Waals surface area contributed by atoms with Gasteiger partial charge in [-0.1, -0.05) is 63.1 Å². The molecule has 0 amide bonds. The van der Waals surface area contributed by atoms with Crippen molar-refractivity contribution in [3.8, 4) is 17.2 Å². The van der Waals surface area contributed by atoms with Crippen molar-refractivity contribution < 1.29 is 28.9 Å². The van der Waals surface area contributed by atoms with Crippen LogP contribution in [0.4, 0.5) is 0 Å². The third kappa shape index (κ3) is 8.09. The summed E-state index contributed by atoms with van der Waals surface area (Å²) in [6.07, 6.45) is 9.80. The molecular weight excluding hydrogens is 472 g/mol. The van der Waals surface area contributed by atoms with Crippen LogP contribution in [0.5, 0.6) is 17.2 Å². The molecule has 2 N–H and O–H groups in total. The molecule has 0 bridgehead atoms. The molecule has 1 unspecified atom stereocenters. The fraction of sp³-hybridized carbons (Fsp3) is 0.467. The van der Waals surface area contributed by atoms with Crippen molar-refractivity contribution >= 4 is 16.9 Å². The lowest BCUT2D eigenvalue weighted by molar-refractivity contribution is -0.132. The monoisotopic (exact) mass is 510 g/mol. The van der Waals surface area contributed by atoms with Crippen LogP contribution in [-0.2, 0) is 11.2 Å². The van der Waals surface area contributed by atoms with E-state index in [0.717, 1.165) is 50.5 Å². The minimum atomic E-state index is -0.578. The first-order valence-electron chi connectivity index (χ1n) is 13.2. The van der Waals surface area contributed by atoms with Gasteiger partial charge in [0.25, 0.3) is 0 Å². The highest BCUT2D eigenvalue weighted by Crippen LogP contribution is 2.35. The normalized spacial score (nSPS) is 12.0. The summed E-state index contributed by atoms with van der Waals surface area (Å²) in [6.45, 7) is 1.53. The summed E-state index contributed by atoms with van der Waals surface area (Å²) in [5.74, 6) is 0.0857. The molecular formula is C30H38O7. The summed E-state index contributed by atoms with van der Waals surface area (Å²) in [7, 11) is 1.51. The first-order valence-corrected chi connectivity index (χ1v) is 13.2. The lowest BCUT2D eigenvalue weighted by atomic mass is 9.88. The van der Waals surface area contributed by atoms with Crippen LogP contribution in [0.3, 0.4) is 0 Å². The van der Waals surface area contributed by atoms with Gasteiger partial charge in [-0.3, -0.25) is 9.59 Å². The summed E-state index contributed by atoms with van der Waals surface area (Å²) in [4.78, 5) is 25.0. The standard InChI is InChI=1S/C30H38O7/c1-21(32)36-30-28(37-26-15-11-10-14-24(26)29(30)34)20-22(23-16-17-25(33)27(19-23)35-2)13-9-7-5-3-4-6-8-12-18-31/h10-11,14-17,19,22,31,33H,3-9,12-13,18,20H2,1-2H3. The maximum atomic E-state index is 13.2. The van der Waals surface area contributed by atoms with Crippen molar-refractivity contribution in [3.63, 3.8) is 0 Å². The fourth-order valence-corrected chi connectivity index (χ4v) is 4.67. The largest absolute Gasteiger partial charge is 0.504 e. The van der Waals surface area contributed by atoms with Crippen LogP contribution >= 0.6 is 0 Å². The Bertz CT molecular complexity index is 1210. The topological polar surface area (TPSA) is 106 Å². The number of hydrogen-bond acceptors (Lipinski definition) is 7. The number of carbonyl (C=O) groups is 1. The van der Waals surface area contributed by atoms with Crippen molar-refractivity contribution in [3.05, 3.63) is 64.0 Å². The molecule has 1 heterocycles. The van der Waals surface area contributed by atoms with Crippen molar-refractivity contribution in [1.82, 2.24) is 0 Å². The highest BCUT2D eigenvalue weighted by atomic mass is 16.5. The molecule has 7 nitrogen and oxygen atoms in total. The number of para-hydroxylation sites is 1. The molecule has 200 valence electrons. The summed E-state index contributed by atoms with van der Waals surface area (Å²) < 4.78 is 16.8. The predicted molar refractivity (Wildman–Crippen MR) is 144 cm³/mol. The average Bonchev–Trinajstić information content (AvgIpc) is 2.89. The number of methoxy groups -OCH3 is 1. The third-order valence-electron chi connectivity index (χ3n) is 6.64. The average molecular weight is 511 g/mol. The van der Waals surface area contributed by atoms with Crippen LogP contribution in [0.15, 0.2) is 51.7 Å². The number of carbonyl (C=O) groups excluding carboxylic acids is 1. The van der Waals surface area contributed by atoms with Crippen LogP contribution < -0.4 is 14.9 Å². The van der Waals surface area contributed by atoms with E-state index in [4.69, 9.17) is 19.0 Å². The van der Waals surface area contributed by atoms with Gasteiger partial charge in [0.05, 0.1) is 12.5 Å². The van der Waals surface area contributed by atoms with Crippen LogP contribution in [0.25, 0.3) is 11.0 Å². The second kappa shape index (κ2) is 14.4. The number of esters is 1. The van der Waals surface area contributed by atoms with E-state index in [1.165, 1.54) is 26.9 Å². The smallest absolute Gasteiger partial charge is 0.308 e. The van der Waals surface area contributed by atoms with E-state index in [1.807, 2.05) is 12.1 Å². The zero-order chi connectivity index (χ0) is 26.6. The molecule has 0 aliphatic heterocycles. The lowest BCUT2D eigenvalue weighted by Crippen LogP contribution is -2.16. The molecule has 3 rings (SSSR count). The van der Waals surface area contributed by atoms with Gasteiger partial charge < -0.3 is 24.1 Å². The third-order valence-corrected chi connectivity index (χ3v) is 6.64. The maximum Gasteiger partial charge on any atom is 0.308 e. The fourth-order valence-electron chi connectivity index (χ4n) is 4.67. The molecule has 3 aromatic rings. The highest BCUT2D eigenvalue weighted by molar-refractivity contribution is 5.79. The number of phenols is 1. The Labute approximate surface area is 218 Å². The molecule has 1 aromatic heterocycles. The van der Waals surface area contributed by atoms with Crippen LogP contribution in [-0.4, -0.2) is 29.9 Å². The van der Waals surface area contributed by atoms with Gasteiger partial charge in [-0.15, -0.1) is 0 Å². The van der Waals surface area contributed by atoms with E-state index in [-0.39, 0.29) is 29.5 Å². The van der Waals surface area contributed by atoms with E-state index in [0.29, 0.717) is 28.9 Å². The summed E-state index contributed by atoms with van der Waals surface area (Å²) in [6, 6.07) is 12.2. The second-order valence-corrected chi connectivity index (χ2v) is 9.45. The van der Waals surface area contributed by atoms with Crippen LogP contribution in [0.2, 0.25) is 0 Å². The van der Waals surface area contributed by atoms with Gasteiger partial charge in [-0.2, -0.15) is 0 Å². The van der Waals surface area contributed by atoms with Gasteiger partial charge in [0.1, 0.15) is 5.58 Å². The molecule has 0 saturated heterocycles. The molecule has 0 aliphatic rings. The number of unbranched alkanes of at least 4 members (excludes halogenated alkanes) is 7. The van der Waals surface area contributed by atoms with Gasteiger partial charge in [0, 0.05) is 20.0 Å². The van der Waals surface area contributed by atoms with Gasteiger partial charge >= 0.3 is 5.97 Å². The molecule has 1 atom stereocenters. The molecule has 0 aliphatic carbocycles. The predicted octanol–water partition coefficient (Wildman–Crippen LogP) is 6.26. The molecule has 7 heteroatoms. The molecule has 2 aromatic carbocycles. The van der Waals surface area contributed by atoms with Gasteiger partial charge in [0.2, 0.25) is 11.2 Å². The molecule has 37 heavy (non-hydrogen) atoms.